The van der Waals surface area contributed by atoms with E-state index in [-0.39, 0.29) is 25.7 Å². The highest BCUT2D eigenvalue weighted by Crippen LogP contribution is 2.45. The molecule has 0 bridgehead atoms. The van der Waals surface area contributed by atoms with Crippen molar-refractivity contribution in [1.82, 2.24) is 0 Å². The lowest BCUT2D eigenvalue weighted by molar-refractivity contribution is -0.161. The lowest BCUT2D eigenvalue weighted by atomic mass is 9.99. The molecule has 0 fully saturated rings. The first-order chi connectivity index (χ1) is 44.8. The minimum Gasteiger partial charge on any atom is -0.462 e. The molecule has 17 nitrogen and oxygen atoms in total. The average molecular weight is 1360 g/mol. The highest BCUT2D eigenvalue weighted by Gasteiger charge is 2.30. The maximum Gasteiger partial charge on any atom is 0.472 e. The summed E-state index contributed by atoms with van der Waals surface area (Å²) in [6, 6.07) is 0. The maximum atomic E-state index is 13.1. The predicted octanol–water partition coefficient (Wildman–Crippen LogP) is 21.0. The standard InChI is InChI=1S/C74H140O17P2/c1-8-10-11-12-13-14-15-16-17-18-21-27-36-43-50-57-73(78)90-69(61-84-71(76)55-48-41-34-26-22-19-20-24-31-38-45-52-65(3)4)63-88-92(80,81)86-59-68(75)60-87-93(82,83)89-64-70(91-74(79)58-51-44-37-28-23-25-32-39-46-53-66(5)6)62-85-72(77)56-49-42-35-30-29-33-40-47-54-67(7)9-2/h14-17,65-70,75H,8-13,18-64H2,1-7H3,(H,80,81)(H,82,83)/b15-14-,17-16-/t67?,68-,69-,70-/m1/s1. The number of phosphoric ester groups is 2. The number of phosphoric acid groups is 2. The van der Waals surface area contributed by atoms with Gasteiger partial charge in [0, 0.05) is 25.7 Å². The van der Waals surface area contributed by atoms with Crippen molar-refractivity contribution in [1.29, 1.82) is 0 Å². The second-order valence-electron chi connectivity index (χ2n) is 27.2. The van der Waals surface area contributed by atoms with Gasteiger partial charge < -0.3 is 33.8 Å². The number of carbonyl (C=O) groups excluding carboxylic acids is 4. The fraction of sp³-hybridized carbons (Fsp3) is 0.892. The van der Waals surface area contributed by atoms with Crippen LogP contribution in [0.5, 0.6) is 0 Å². The van der Waals surface area contributed by atoms with E-state index in [4.69, 9.17) is 37.0 Å². The normalized spacial score (nSPS) is 14.6. The summed E-state index contributed by atoms with van der Waals surface area (Å²) in [5.41, 5.74) is 0. The van der Waals surface area contributed by atoms with Crippen molar-refractivity contribution < 1.29 is 80.2 Å². The van der Waals surface area contributed by atoms with Crippen LogP contribution in [0, 0.1) is 17.8 Å². The number of ether oxygens (including phenoxy) is 4. The Bertz CT molecular complexity index is 1910. The van der Waals surface area contributed by atoms with Crippen molar-refractivity contribution >= 4 is 39.5 Å². The van der Waals surface area contributed by atoms with Crippen LogP contribution in [-0.4, -0.2) is 96.7 Å². The topological polar surface area (TPSA) is 237 Å². The van der Waals surface area contributed by atoms with Crippen LogP contribution in [0.4, 0.5) is 0 Å². The molecule has 0 heterocycles. The van der Waals surface area contributed by atoms with Gasteiger partial charge in [-0.2, -0.15) is 0 Å². The molecule has 19 heteroatoms. The lowest BCUT2D eigenvalue weighted by Gasteiger charge is -2.21. The Labute approximate surface area is 567 Å². The Morgan fingerprint density at radius 3 is 0.957 bits per heavy atom. The molecule has 548 valence electrons. The third-order valence-electron chi connectivity index (χ3n) is 16.9. The summed E-state index contributed by atoms with van der Waals surface area (Å²) in [6.45, 7) is 11.8. The molecule has 0 saturated heterocycles. The Hall–Kier alpha value is -2.46. The smallest absolute Gasteiger partial charge is 0.462 e. The van der Waals surface area contributed by atoms with Crippen LogP contribution in [-0.2, 0) is 65.4 Å². The quantitative estimate of drug-likeness (QED) is 0.0169. The first-order valence-corrected chi connectivity index (χ1v) is 40.7. The van der Waals surface area contributed by atoms with Crippen LogP contribution in [0.3, 0.4) is 0 Å². The molecule has 93 heavy (non-hydrogen) atoms. The van der Waals surface area contributed by atoms with Crippen LogP contribution in [0.15, 0.2) is 24.3 Å². The molecule has 0 aliphatic carbocycles. The second kappa shape index (κ2) is 64.2. The molecule has 0 amide bonds. The fourth-order valence-corrected chi connectivity index (χ4v) is 12.3. The van der Waals surface area contributed by atoms with Crippen LogP contribution in [0.2, 0.25) is 0 Å². The third-order valence-corrected chi connectivity index (χ3v) is 18.8. The summed E-state index contributed by atoms with van der Waals surface area (Å²) in [7, 11) is -9.92. The largest absolute Gasteiger partial charge is 0.472 e. The molecule has 0 aromatic rings. The van der Waals surface area contributed by atoms with E-state index in [0.717, 1.165) is 120 Å². The molecule has 0 aromatic carbocycles. The number of hydrogen-bond acceptors (Lipinski definition) is 15. The van der Waals surface area contributed by atoms with Crippen molar-refractivity contribution in [3.63, 3.8) is 0 Å². The Morgan fingerprint density at radius 1 is 0.355 bits per heavy atom. The van der Waals surface area contributed by atoms with E-state index in [0.29, 0.717) is 25.7 Å². The van der Waals surface area contributed by atoms with Gasteiger partial charge in [-0.3, -0.25) is 37.3 Å². The van der Waals surface area contributed by atoms with Gasteiger partial charge in [0.1, 0.15) is 19.3 Å². The van der Waals surface area contributed by atoms with Gasteiger partial charge in [0.25, 0.3) is 0 Å². The van der Waals surface area contributed by atoms with Crippen LogP contribution in [0.25, 0.3) is 0 Å². The number of aliphatic hydroxyl groups is 1. The Balaban J connectivity index is 5.31. The lowest BCUT2D eigenvalue weighted by Crippen LogP contribution is -2.30. The minimum absolute atomic E-state index is 0.0845. The molecule has 0 aromatic heterocycles. The van der Waals surface area contributed by atoms with E-state index < -0.39 is 97.5 Å². The molecule has 0 radical (unpaired) electrons. The first-order valence-electron chi connectivity index (χ1n) is 37.7. The number of unbranched alkanes of at least 4 members (excludes halogenated alkanes) is 34. The van der Waals surface area contributed by atoms with Gasteiger partial charge >= 0.3 is 39.5 Å². The highest BCUT2D eigenvalue weighted by molar-refractivity contribution is 7.47. The molecular formula is C74H140O17P2. The van der Waals surface area contributed by atoms with Gasteiger partial charge in [-0.1, -0.05) is 297 Å². The number of aliphatic hydroxyl groups excluding tert-OH is 1. The number of esters is 4. The SMILES string of the molecule is CCCCCC/C=C\C=C/CCCCCCCC(=O)O[C@H](COC(=O)CCCCCCCCCCCCCC(C)C)COP(=O)(O)OC[C@@H](O)COP(=O)(O)OC[C@@H](COC(=O)CCCCCCCCCCC(C)CC)OC(=O)CCCCCCCCCCCC(C)C. The van der Waals surface area contributed by atoms with E-state index >= 15 is 0 Å². The van der Waals surface area contributed by atoms with Gasteiger partial charge in [0.05, 0.1) is 26.4 Å². The van der Waals surface area contributed by atoms with Gasteiger partial charge in [-0.05, 0) is 69.1 Å². The molecule has 3 N–H and O–H groups in total. The van der Waals surface area contributed by atoms with Crippen LogP contribution >= 0.6 is 15.6 Å². The van der Waals surface area contributed by atoms with Crippen molar-refractivity contribution in [3.05, 3.63) is 24.3 Å². The molecule has 3 unspecified atom stereocenters. The molecular weight excluding hydrogens is 1220 g/mol. The van der Waals surface area contributed by atoms with Crippen LogP contribution < -0.4 is 0 Å². The zero-order valence-electron chi connectivity index (χ0n) is 60.2. The molecule has 0 saturated carbocycles. The number of hydrogen-bond donors (Lipinski definition) is 3. The van der Waals surface area contributed by atoms with Crippen LogP contribution in [0.1, 0.15) is 350 Å². The zero-order chi connectivity index (χ0) is 68.7. The molecule has 0 spiro atoms. The zero-order valence-corrected chi connectivity index (χ0v) is 62.0. The summed E-state index contributed by atoms with van der Waals surface area (Å²) in [5, 5.41) is 10.6. The Kier molecular flexibility index (Phi) is 62.5. The predicted molar refractivity (Wildman–Crippen MR) is 377 cm³/mol. The summed E-state index contributed by atoms with van der Waals surface area (Å²) in [5.74, 6) is 0.127. The summed E-state index contributed by atoms with van der Waals surface area (Å²) >= 11 is 0. The summed E-state index contributed by atoms with van der Waals surface area (Å²) < 4.78 is 68.4. The Morgan fingerprint density at radius 2 is 0.634 bits per heavy atom. The minimum atomic E-state index is -4.96. The third kappa shape index (κ3) is 66.6. The van der Waals surface area contributed by atoms with Gasteiger partial charge in [-0.25, -0.2) is 9.13 Å². The van der Waals surface area contributed by atoms with E-state index in [1.165, 1.54) is 148 Å². The van der Waals surface area contributed by atoms with Crippen molar-refractivity contribution in [2.75, 3.05) is 39.6 Å². The monoisotopic (exact) mass is 1360 g/mol. The number of carbonyl (C=O) groups is 4. The van der Waals surface area contributed by atoms with E-state index in [1.54, 1.807) is 0 Å². The van der Waals surface area contributed by atoms with E-state index in [9.17, 15) is 43.2 Å². The molecule has 6 atom stereocenters. The summed E-state index contributed by atoms with van der Waals surface area (Å²) in [6.07, 6.45) is 52.1. The fourth-order valence-electron chi connectivity index (χ4n) is 10.7. The van der Waals surface area contributed by atoms with E-state index in [2.05, 4.69) is 72.8 Å². The van der Waals surface area contributed by atoms with Crippen molar-refractivity contribution in [3.8, 4) is 0 Å². The van der Waals surface area contributed by atoms with Gasteiger partial charge in [0.2, 0.25) is 0 Å². The van der Waals surface area contributed by atoms with Crippen molar-refractivity contribution in [2.45, 2.75) is 369 Å². The highest BCUT2D eigenvalue weighted by atomic mass is 31.2. The van der Waals surface area contributed by atoms with Gasteiger partial charge in [-0.15, -0.1) is 0 Å². The van der Waals surface area contributed by atoms with E-state index in [1.807, 2.05) is 0 Å². The number of allylic oxidation sites excluding steroid dienone is 4. The first kappa shape index (κ1) is 90.5. The van der Waals surface area contributed by atoms with Crippen molar-refractivity contribution in [2.24, 2.45) is 17.8 Å². The summed E-state index contributed by atoms with van der Waals surface area (Å²) in [4.78, 5) is 72.7. The molecule has 0 rings (SSSR count). The average Bonchev–Trinajstić information content (AvgIpc) is 3.68. The molecule has 0 aliphatic rings. The van der Waals surface area contributed by atoms with Gasteiger partial charge in [0.15, 0.2) is 12.2 Å². The maximum absolute atomic E-state index is 13.1. The number of rotatable bonds is 70. The molecule has 0 aliphatic heterocycles. The second-order valence-corrected chi connectivity index (χ2v) is 30.1.